The van der Waals surface area contributed by atoms with E-state index < -0.39 is 18.3 Å². The number of rotatable bonds is 26. The van der Waals surface area contributed by atoms with E-state index in [4.69, 9.17) is 9.47 Å². The van der Waals surface area contributed by atoms with Crippen LogP contribution < -0.4 is 0 Å². The highest BCUT2D eigenvalue weighted by Crippen LogP contribution is 2.28. The lowest BCUT2D eigenvalue weighted by Crippen LogP contribution is -2.31. The van der Waals surface area contributed by atoms with Crippen molar-refractivity contribution in [3.05, 3.63) is 11.6 Å². The zero-order valence-electron chi connectivity index (χ0n) is 26.9. The Labute approximate surface area is 256 Å². The van der Waals surface area contributed by atoms with Gasteiger partial charge in [-0.3, -0.25) is 0 Å². The molecule has 0 aromatic heterocycles. The van der Waals surface area contributed by atoms with E-state index in [0.29, 0.717) is 24.8 Å². The summed E-state index contributed by atoms with van der Waals surface area (Å²) < 4.78 is 11.1. The molecule has 0 aliphatic carbocycles. The second-order valence-corrected chi connectivity index (χ2v) is 13.1. The average Bonchev–Trinajstić information content (AvgIpc) is 3.58. The normalized spacial score (nSPS) is 23.5. The fourth-order valence-corrected chi connectivity index (χ4v) is 6.42. The minimum atomic E-state index is -0.530. The summed E-state index contributed by atoms with van der Waals surface area (Å²) in [5.41, 5.74) is 0.576. The maximum absolute atomic E-state index is 11.6. The van der Waals surface area contributed by atoms with Crippen LogP contribution in [0.5, 0.6) is 0 Å². The van der Waals surface area contributed by atoms with E-state index in [0.717, 1.165) is 70.6 Å². The Balaban J connectivity index is 1.41. The van der Waals surface area contributed by atoms with E-state index in [1.54, 1.807) is 6.08 Å². The molecule has 3 unspecified atom stereocenters. The molecule has 1 fully saturated rings. The summed E-state index contributed by atoms with van der Waals surface area (Å²) in [6.07, 6.45) is 22.4. The largest absolute Gasteiger partial charge is 0.455 e. The fourth-order valence-electron chi connectivity index (χ4n) is 6.42. The minimum Gasteiger partial charge on any atom is -0.455 e. The van der Waals surface area contributed by atoms with Gasteiger partial charge in [0.2, 0.25) is 0 Å². The van der Waals surface area contributed by atoms with Crippen LogP contribution in [0.2, 0.25) is 0 Å². The van der Waals surface area contributed by atoms with E-state index in [1.807, 2.05) is 6.92 Å². The fraction of sp³-hybridized carbons (Fsp3) is 0.914. The Morgan fingerprint density at radius 1 is 0.667 bits per heavy atom. The van der Waals surface area contributed by atoms with Crippen LogP contribution in [0.3, 0.4) is 0 Å². The van der Waals surface area contributed by atoms with Crippen LogP contribution in [0.4, 0.5) is 0 Å². The Hall–Kier alpha value is -0.990. The molecule has 2 rings (SSSR count). The molecule has 0 spiro atoms. The second-order valence-electron chi connectivity index (χ2n) is 13.1. The predicted octanol–water partition coefficient (Wildman–Crippen LogP) is 7.06. The monoisotopic (exact) mass is 596 g/mol. The van der Waals surface area contributed by atoms with Crippen molar-refractivity contribution in [2.75, 3.05) is 0 Å². The molecule has 7 nitrogen and oxygen atoms in total. The predicted molar refractivity (Wildman–Crippen MR) is 168 cm³/mol. The van der Waals surface area contributed by atoms with Crippen molar-refractivity contribution < 1.29 is 34.7 Å². The molecule has 0 radical (unpaired) electrons. The summed E-state index contributed by atoms with van der Waals surface area (Å²) in [5.74, 6) is -0.314. The molecule has 0 aromatic carbocycles. The third-order valence-corrected chi connectivity index (χ3v) is 9.11. The van der Waals surface area contributed by atoms with Crippen molar-refractivity contribution in [1.82, 2.24) is 0 Å². The van der Waals surface area contributed by atoms with Gasteiger partial charge in [0.05, 0.1) is 36.6 Å². The zero-order valence-corrected chi connectivity index (χ0v) is 26.9. The van der Waals surface area contributed by atoms with E-state index in [9.17, 15) is 25.2 Å². The first-order valence-corrected chi connectivity index (χ1v) is 17.6. The van der Waals surface area contributed by atoms with E-state index >= 15 is 0 Å². The van der Waals surface area contributed by atoms with Gasteiger partial charge in [-0.15, -0.1) is 0 Å². The summed E-state index contributed by atoms with van der Waals surface area (Å²) in [4.78, 5) is 11.6. The molecule has 7 atom stereocenters. The van der Waals surface area contributed by atoms with Crippen LogP contribution in [0.15, 0.2) is 11.6 Å². The first-order valence-electron chi connectivity index (χ1n) is 17.6. The van der Waals surface area contributed by atoms with Gasteiger partial charge in [-0.1, -0.05) is 103 Å². The van der Waals surface area contributed by atoms with E-state index in [1.165, 1.54) is 57.8 Å². The number of ether oxygens (including phenoxy) is 2. The van der Waals surface area contributed by atoms with Gasteiger partial charge >= 0.3 is 5.97 Å². The minimum absolute atomic E-state index is 0.147. The molecule has 0 bridgehead atoms. The van der Waals surface area contributed by atoms with Crippen LogP contribution in [0, 0.1) is 0 Å². The number of esters is 1. The van der Waals surface area contributed by atoms with Crippen LogP contribution in [-0.4, -0.2) is 69.1 Å². The third kappa shape index (κ3) is 16.2. The molecular formula is C35H64O7. The highest BCUT2D eigenvalue weighted by molar-refractivity contribution is 5.90. The van der Waals surface area contributed by atoms with Crippen LogP contribution in [0.25, 0.3) is 0 Å². The molecule has 0 amide bonds. The summed E-state index contributed by atoms with van der Waals surface area (Å²) in [6.45, 7) is 4.07. The molecule has 42 heavy (non-hydrogen) atoms. The summed E-state index contributed by atoms with van der Waals surface area (Å²) in [7, 11) is 0. The molecule has 7 heteroatoms. The standard InChI is InChI=1S/C35H64O7/c1-3-4-5-6-7-8-9-10-11-15-21-31(38)33-23-24-34(42-33)32(39)22-17-16-19-29(36)18-13-12-14-20-30(37)26-28-25-27(2)41-35(28)40/h25,27,29-34,36-39H,3-24,26H2,1-2H3/t27?,29?,30?,31-,32+,33+,34+/m1/s1. The third-order valence-electron chi connectivity index (χ3n) is 9.11. The summed E-state index contributed by atoms with van der Waals surface area (Å²) in [6, 6.07) is 0. The van der Waals surface area contributed by atoms with E-state index in [-0.39, 0.29) is 30.4 Å². The maximum Gasteiger partial charge on any atom is 0.334 e. The molecule has 2 aliphatic rings. The Morgan fingerprint density at radius 2 is 1.10 bits per heavy atom. The van der Waals surface area contributed by atoms with Crippen molar-refractivity contribution in [2.45, 2.75) is 204 Å². The van der Waals surface area contributed by atoms with Crippen LogP contribution in [-0.2, 0) is 14.3 Å². The van der Waals surface area contributed by atoms with Crippen LogP contribution >= 0.6 is 0 Å². The Kier molecular flexibility index (Phi) is 19.9. The Bertz CT molecular complexity index is 726. The number of hydrogen-bond donors (Lipinski definition) is 4. The van der Waals surface area contributed by atoms with Gasteiger partial charge in [0.25, 0.3) is 0 Å². The van der Waals surface area contributed by atoms with Crippen LogP contribution in [0.1, 0.15) is 162 Å². The smallest absolute Gasteiger partial charge is 0.334 e. The highest BCUT2D eigenvalue weighted by atomic mass is 16.5. The Morgan fingerprint density at radius 3 is 1.62 bits per heavy atom. The van der Waals surface area contributed by atoms with Crippen molar-refractivity contribution in [1.29, 1.82) is 0 Å². The number of carbonyl (C=O) groups excluding carboxylic acids is 1. The molecule has 4 N–H and O–H groups in total. The number of aliphatic hydroxyl groups excluding tert-OH is 4. The lowest BCUT2D eigenvalue weighted by molar-refractivity contribution is -0.139. The maximum atomic E-state index is 11.6. The summed E-state index contributed by atoms with van der Waals surface area (Å²) >= 11 is 0. The molecule has 2 heterocycles. The summed E-state index contributed by atoms with van der Waals surface area (Å²) in [5, 5.41) is 41.7. The molecule has 1 saturated heterocycles. The highest BCUT2D eigenvalue weighted by Gasteiger charge is 2.34. The lowest BCUT2D eigenvalue weighted by atomic mass is 9.99. The first-order chi connectivity index (χ1) is 20.3. The number of cyclic esters (lactones) is 1. The van der Waals surface area contributed by atoms with Gasteiger partial charge in [-0.05, 0) is 57.9 Å². The lowest BCUT2D eigenvalue weighted by Gasteiger charge is -2.22. The molecule has 246 valence electrons. The SMILES string of the molecule is CCCCCCCCCCCC[C@@H](O)[C@@H]1CC[C@@H]([C@@H](O)CCCCC(O)CCCCCC(O)CC2=CC(C)OC2=O)O1. The van der Waals surface area contributed by atoms with Gasteiger partial charge in [0.15, 0.2) is 0 Å². The van der Waals surface area contributed by atoms with Crippen molar-refractivity contribution in [3.8, 4) is 0 Å². The van der Waals surface area contributed by atoms with Gasteiger partial charge < -0.3 is 29.9 Å². The average molecular weight is 597 g/mol. The molecule has 0 saturated carbocycles. The topological polar surface area (TPSA) is 116 Å². The number of aliphatic hydroxyl groups is 4. The van der Waals surface area contributed by atoms with E-state index in [2.05, 4.69) is 6.92 Å². The van der Waals surface area contributed by atoms with Gasteiger partial charge in [-0.25, -0.2) is 4.79 Å². The number of carbonyl (C=O) groups is 1. The number of hydrogen-bond acceptors (Lipinski definition) is 7. The second kappa shape index (κ2) is 22.5. The quantitative estimate of drug-likeness (QED) is 0.0624. The van der Waals surface area contributed by atoms with Crippen molar-refractivity contribution in [2.24, 2.45) is 0 Å². The molecule has 0 aromatic rings. The zero-order chi connectivity index (χ0) is 30.6. The van der Waals surface area contributed by atoms with Crippen molar-refractivity contribution >= 4 is 5.97 Å². The molecular weight excluding hydrogens is 532 g/mol. The van der Waals surface area contributed by atoms with Crippen molar-refractivity contribution in [3.63, 3.8) is 0 Å². The van der Waals surface area contributed by atoms with Gasteiger partial charge in [0, 0.05) is 12.0 Å². The molecule has 2 aliphatic heterocycles. The van der Waals surface area contributed by atoms with Gasteiger partial charge in [-0.2, -0.15) is 0 Å². The number of unbranched alkanes of at least 4 members (excludes halogenated alkanes) is 12. The van der Waals surface area contributed by atoms with Gasteiger partial charge in [0.1, 0.15) is 6.10 Å². The first kappa shape index (κ1) is 37.2.